The van der Waals surface area contributed by atoms with Gasteiger partial charge in [-0.15, -0.1) is 0 Å². The number of hydrogen-bond donors (Lipinski definition) is 2. The van der Waals surface area contributed by atoms with E-state index >= 15 is 0 Å². The third-order valence-corrected chi connectivity index (χ3v) is 4.78. The fourth-order valence-corrected chi connectivity index (χ4v) is 3.33. The van der Waals surface area contributed by atoms with Crippen molar-refractivity contribution in [2.75, 3.05) is 13.6 Å². The van der Waals surface area contributed by atoms with Gasteiger partial charge in [0.1, 0.15) is 0 Å². The first-order chi connectivity index (χ1) is 11.1. The largest absolute Gasteiger partial charge is 0.356 e. The van der Waals surface area contributed by atoms with Crippen LogP contribution in [-0.2, 0) is 12.0 Å². The average Bonchev–Trinajstić information content (AvgIpc) is 3.22. The summed E-state index contributed by atoms with van der Waals surface area (Å²) in [7, 11) is 1.76. The van der Waals surface area contributed by atoms with Gasteiger partial charge in [0, 0.05) is 23.5 Å². The zero-order chi connectivity index (χ0) is 16.3. The minimum atomic E-state index is 0.193. The molecule has 2 aromatic rings. The fourth-order valence-electron chi connectivity index (χ4n) is 2.63. The van der Waals surface area contributed by atoms with Crippen LogP contribution in [-0.4, -0.2) is 29.7 Å². The van der Waals surface area contributed by atoms with Gasteiger partial charge in [-0.1, -0.05) is 39.3 Å². The second kappa shape index (κ2) is 6.70. The molecule has 2 N–H and O–H groups in total. The summed E-state index contributed by atoms with van der Waals surface area (Å²) in [6.45, 7) is 3.11. The number of aliphatic imine (C=N–C) groups is 1. The van der Waals surface area contributed by atoms with Crippen molar-refractivity contribution in [3.8, 4) is 0 Å². The lowest BCUT2D eigenvalue weighted by Gasteiger charge is -2.19. The van der Waals surface area contributed by atoms with E-state index in [9.17, 15) is 0 Å². The second-order valence-corrected chi connectivity index (χ2v) is 6.63. The summed E-state index contributed by atoms with van der Waals surface area (Å²) >= 11 is 3.66. The van der Waals surface area contributed by atoms with E-state index in [-0.39, 0.29) is 5.41 Å². The van der Waals surface area contributed by atoms with E-state index < -0.39 is 0 Å². The van der Waals surface area contributed by atoms with Crippen LogP contribution in [0.3, 0.4) is 0 Å². The summed E-state index contributed by atoms with van der Waals surface area (Å²) in [6.07, 6.45) is 2.37. The molecule has 6 nitrogen and oxygen atoms in total. The van der Waals surface area contributed by atoms with Crippen LogP contribution in [0.25, 0.3) is 0 Å². The predicted octanol–water partition coefficient (Wildman–Crippen LogP) is 2.54. The number of hydrogen-bond acceptors (Lipinski definition) is 4. The number of nitrogens with one attached hydrogen (secondary N) is 2. The predicted molar refractivity (Wildman–Crippen MR) is 92.3 cm³/mol. The topological polar surface area (TPSA) is 75.3 Å². The summed E-state index contributed by atoms with van der Waals surface area (Å²) < 4.78 is 6.26. The summed E-state index contributed by atoms with van der Waals surface area (Å²) in [5.74, 6) is 1.92. The molecule has 1 saturated carbocycles. The van der Waals surface area contributed by atoms with Gasteiger partial charge in [0.25, 0.3) is 0 Å². The molecule has 1 heterocycles. The van der Waals surface area contributed by atoms with Crippen LogP contribution in [0.5, 0.6) is 0 Å². The average molecular weight is 378 g/mol. The molecule has 1 aromatic heterocycles. The molecule has 0 amide bonds. The van der Waals surface area contributed by atoms with Crippen molar-refractivity contribution in [2.24, 2.45) is 4.99 Å². The Morgan fingerprint density at radius 2 is 2.13 bits per heavy atom. The van der Waals surface area contributed by atoms with Crippen molar-refractivity contribution in [3.05, 3.63) is 46.0 Å². The zero-order valence-electron chi connectivity index (χ0n) is 13.3. The smallest absolute Gasteiger partial charge is 0.246 e. The number of rotatable bonds is 5. The van der Waals surface area contributed by atoms with E-state index in [2.05, 4.69) is 59.9 Å². The number of guanidine groups is 1. The van der Waals surface area contributed by atoms with E-state index in [4.69, 9.17) is 4.52 Å². The number of benzene rings is 1. The monoisotopic (exact) mass is 377 g/mol. The molecule has 1 aliphatic carbocycles. The lowest BCUT2D eigenvalue weighted by molar-refractivity contribution is 0.371. The van der Waals surface area contributed by atoms with Gasteiger partial charge in [0.05, 0.1) is 6.54 Å². The molecule has 1 fully saturated rings. The zero-order valence-corrected chi connectivity index (χ0v) is 14.9. The van der Waals surface area contributed by atoms with Gasteiger partial charge in [0.15, 0.2) is 11.8 Å². The van der Waals surface area contributed by atoms with Crippen LogP contribution < -0.4 is 10.6 Å². The highest BCUT2D eigenvalue weighted by atomic mass is 79.9. The molecular weight excluding hydrogens is 358 g/mol. The van der Waals surface area contributed by atoms with E-state index in [0.717, 1.165) is 12.5 Å². The maximum Gasteiger partial charge on any atom is 0.246 e. The van der Waals surface area contributed by atoms with Gasteiger partial charge in [-0.3, -0.25) is 4.99 Å². The maximum absolute atomic E-state index is 5.09. The number of halogens is 1. The second-order valence-electron chi connectivity index (χ2n) is 5.77. The van der Waals surface area contributed by atoms with Crippen molar-refractivity contribution in [3.63, 3.8) is 0 Å². The summed E-state index contributed by atoms with van der Waals surface area (Å²) in [6, 6.07) is 8.42. The molecule has 1 aromatic carbocycles. The van der Waals surface area contributed by atoms with Crippen molar-refractivity contribution >= 4 is 21.9 Å². The molecular formula is C16H20BrN5O. The van der Waals surface area contributed by atoms with Crippen LogP contribution in [0.4, 0.5) is 0 Å². The Balaban J connectivity index is 1.57. The van der Waals surface area contributed by atoms with Crippen molar-refractivity contribution in [1.82, 2.24) is 20.8 Å². The van der Waals surface area contributed by atoms with E-state index in [1.54, 1.807) is 14.0 Å². The molecule has 7 heteroatoms. The maximum atomic E-state index is 5.09. The molecule has 3 rings (SSSR count). The minimum absolute atomic E-state index is 0.193. The highest BCUT2D eigenvalue weighted by molar-refractivity contribution is 9.10. The molecule has 1 aliphatic rings. The quantitative estimate of drug-likeness (QED) is 0.618. The molecule has 0 unspecified atom stereocenters. The van der Waals surface area contributed by atoms with Crippen molar-refractivity contribution in [1.29, 1.82) is 0 Å². The first kappa shape index (κ1) is 16.0. The Kier molecular flexibility index (Phi) is 4.66. The van der Waals surface area contributed by atoms with Crippen molar-refractivity contribution < 1.29 is 4.52 Å². The number of aryl methyl sites for hydroxylation is 1. The van der Waals surface area contributed by atoms with Gasteiger partial charge in [-0.2, -0.15) is 4.98 Å². The SMILES string of the molecule is CN=C(NCc1nc(C)no1)NCC1(c2ccccc2Br)CC1. The lowest BCUT2D eigenvalue weighted by Crippen LogP contribution is -2.41. The Morgan fingerprint density at radius 3 is 2.74 bits per heavy atom. The Hall–Kier alpha value is -1.89. The van der Waals surface area contributed by atoms with Gasteiger partial charge < -0.3 is 15.2 Å². The van der Waals surface area contributed by atoms with Gasteiger partial charge in [-0.05, 0) is 31.4 Å². The first-order valence-corrected chi connectivity index (χ1v) is 8.41. The van der Waals surface area contributed by atoms with Crippen molar-refractivity contribution in [2.45, 2.75) is 31.7 Å². The summed E-state index contributed by atoms with van der Waals surface area (Å²) in [4.78, 5) is 8.42. The van der Waals surface area contributed by atoms with Gasteiger partial charge in [-0.25, -0.2) is 0 Å². The van der Waals surface area contributed by atoms with Gasteiger partial charge in [0.2, 0.25) is 5.89 Å². The molecule has 0 atom stereocenters. The molecule has 0 saturated heterocycles. The van der Waals surface area contributed by atoms with Crippen LogP contribution in [0, 0.1) is 6.92 Å². The molecule has 122 valence electrons. The van der Waals surface area contributed by atoms with Crippen LogP contribution in [0.15, 0.2) is 38.3 Å². The molecule has 0 radical (unpaired) electrons. The van der Waals surface area contributed by atoms with E-state index in [1.165, 1.54) is 22.9 Å². The number of nitrogens with zero attached hydrogens (tertiary/aromatic N) is 3. The van der Waals surface area contributed by atoms with Gasteiger partial charge >= 0.3 is 0 Å². The Labute approximate surface area is 143 Å². The standard InChI is InChI=1S/C16H20BrN5O/c1-11-21-14(23-22-11)9-19-15(18-2)20-10-16(7-8-16)12-5-3-4-6-13(12)17/h3-6H,7-10H2,1-2H3,(H2,18,19,20). The minimum Gasteiger partial charge on any atom is -0.356 e. The summed E-state index contributed by atoms with van der Waals surface area (Å²) in [5, 5.41) is 10.4. The van der Waals surface area contributed by atoms with E-state index in [0.29, 0.717) is 18.3 Å². The Morgan fingerprint density at radius 1 is 1.35 bits per heavy atom. The highest BCUT2D eigenvalue weighted by Crippen LogP contribution is 2.49. The highest BCUT2D eigenvalue weighted by Gasteiger charge is 2.45. The normalized spacial score (nSPS) is 16.2. The van der Waals surface area contributed by atoms with E-state index in [1.807, 2.05) is 6.07 Å². The van der Waals surface area contributed by atoms with Crippen LogP contribution in [0.2, 0.25) is 0 Å². The summed E-state index contributed by atoms with van der Waals surface area (Å²) in [5.41, 5.74) is 1.55. The fraction of sp³-hybridized carbons (Fsp3) is 0.438. The lowest BCUT2D eigenvalue weighted by atomic mass is 9.96. The first-order valence-electron chi connectivity index (χ1n) is 7.62. The Bertz CT molecular complexity index is 708. The third-order valence-electron chi connectivity index (χ3n) is 4.09. The van der Waals surface area contributed by atoms with Crippen LogP contribution >= 0.6 is 15.9 Å². The molecule has 0 aliphatic heterocycles. The molecule has 0 bridgehead atoms. The molecule has 23 heavy (non-hydrogen) atoms. The third kappa shape index (κ3) is 3.72. The van der Waals surface area contributed by atoms with Crippen LogP contribution in [0.1, 0.15) is 30.1 Å². The number of aromatic nitrogens is 2. The molecule has 0 spiro atoms.